The summed E-state index contributed by atoms with van der Waals surface area (Å²) in [5, 5.41) is 5.82. The number of nitrogens with one attached hydrogen (secondary N) is 2. The van der Waals surface area contributed by atoms with Crippen LogP contribution in [0.1, 0.15) is 20.3 Å². The molecule has 24 heavy (non-hydrogen) atoms. The molecule has 2 heterocycles. The monoisotopic (exact) mass is 334 g/mol. The van der Waals surface area contributed by atoms with E-state index in [2.05, 4.69) is 40.3 Å². The SMILES string of the molecule is CC(C)N1CCN(c2cccc(NC(=O)[C@H]3C[C@H](F)CN3)c2)CC1. The number of alkyl halides is 1. The maximum absolute atomic E-state index is 13.2. The summed E-state index contributed by atoms with van der Waals surface area (Å²) in [7, 11) is 0. The molecule has 5 nitrogen and oxygen atoms in total. The van der Waals surface area contributed by atoms with E-state index in [9.17, 15) is 9.18 Å². The average Bonchev–Trinajstić information content (AvgIpc) is 3.02. The van der Waals surface area contributed by atoms with Crippen LogP contribution in [0, 0.1) is 0 Å². The number of amides is 1. The van der Waals surface area contributed by atoms with Gasteiger partial charge in [-0.05, 0) is 32.0 Å². The van der Waals surface area contributed by atoms with E-state index in [1.807, 2.05) is 18.2 Å². The van der Waals surface area contributed by atoms with Gasteiger partial charge in [0.25, 0.3) is 0 Å². The van der Waals surface area contributed by atoms with Crippen molar-refractivity contribution >= 4 is 17.3 Å². The van der Waals surface area contributed by atoms with Crippen LogP contribution in [0.25, 0.3) is 0 Å². The molecule has 3 rings (SSSR count). The summed E-state index contributed by atoms with van der Waals surface area (Å²) in [6, 6.07) is 8.07. The molecule has 2 N–H and O–H groups in total. The van der Waals surface area contributed by atoms with Gasteiger partial charge in [-0.15, -0.1) is 0 Å². The van der Waals surface area contributed by atoms with Crippen LogP contribution in [-0.4, -0.2) is 61.8 Å². The lowest BCUT2D eigenvalue weighted by Crippen LogP contribution is -2.48. The summed E-state index contributed by atoms with van der Waals surface area (Å²) < 4.78 is 13.2. The molecule has 0 radical (unpaired) electrons. The lowest BCUT2D eigenvalue weighted by atomic mass is 10.2. The fourth-order valence-electron chi connectivity index (χ4n) is 3.40. The Labute approximate surface area is 143 Å². The number of benzene rings is 1. The van der Waals surface area contributed by atoms with Crippen LogP contribution < -0.4 is 15.5 Å². The van der Waals surface area contributed by atoms with E-state index < -0.39 is 12.2 Å². The Morgan fingerprint density at radius 3 is 2.67 bits per heavy atom. The molecule has 0 unspecified atom stereocenters. The molecule has 6 heteroatoms. The topological polar surface area (TPSA) is 47.6 Å². The minimum absolute atomic E-state index is 0.156. The van der Waals surface area contributed by atoms with E-state index in [-0.39, 0.29) is 18.9 Å². The summed E-state index contributed by atoms with van der Waals surface area (Å²) in [4.78, 5) is 17.0. The zero-order valence-corrected chi connectivity index (χ0v) is 14.5. The van der Waals surface area contributed by atoms with E-state index in [1.165, 1.54) is 0 Å². The van der Waals surface area contributed by atoms with E-state index in [0.717, 1.165) is 37.6 Å². The fourth-order valence-corrected chi connectivity index (χ4v) is 3.40. The second-order valence-corrected chi connectivity index (χ2v) is 6.95. The van der Waals surface area contributed by atoms with Crippen molar-refractivity contribution in [3.63, 3.8) is 0 Å². The van der Waals surface area contributed by atoms with Crippen molar-refractivity contribution in [2.45, 2.75) is 38.5 Å². The maximum Gasteiger partial charge on any atom is 0.241 e. The molecule has 0 spiro atoms. The van der Waals surface area contributed by atoms with Crippen molar-refractivity contribution in [1.29, 1.82) is 0 Å². The minimum atomic E-state index is -0.927. The van der Waals surface area contributed by atoms with Gasteiger partial charge in [-0.1, -0.05) is 6.07 Å². The number of piperazine rings is 1. The summed E-state index contributed by atoms with van der Waals surface area (Å²) in [6.07, 6.45) is -0.674. The van der Waals surface area contributed by atoms with Gasteiger partial charge >= 0.3 is 0 Å². The highest BCUT2D eigenvalue weighted by atomic mass is 19.1. The highest BCUT2D eigenvalue weighted by molar-refractivity contribution is 5.95. The zero-order valence-electron chi connectivity index (χ0n) is 14.5. The first kappa shape index (κ1) is 17.2. The minimum Gasteiger partial charge on any atom is -0.369 e. The standard InChI is InChI=1S/C18H27FN4O/c1-13(2)22-6-8-23(9-7-22)16-5-3-4-15(11-16)21-18(24)17-10-14(19)12-20-17/h3-5,11,13-14,17,20H,6-10,12H2,1-2H3,(H,21,24)/t14-,17+/m0/s1. The maximum atomic E-state index is 13.2. The van der Waals surface area contributed by atoms with Crippen molar-refractivity contribution in [1.82, 2.24) is 10.2 Å². The first-order valence-electron chi connectivity index (χ1n) is 8.80. The van der Waals surface area contributed by atoms with Crippen LogP contribution in [0.3, 0.4) is 0 Å². The summed E-state index contributed by atoms with van der Waals surface area (Å²) in [5.74, 6) is -0.156. The van der Waals surface area contributed by atoms with E-state index in [0.29, 0.717) is 6.04 Å². The molecule has 0 aromatic heterocycles. The largest absolute Gasteiger partial charge is 0.369 e. The van der Waals surface area contributed by atoms with Gasteiger partial charge in [-0.3, -0.25) is 9.69 Å². The molecule has 0 aliphatic carbocycles. The van der Waals surface area contributed by atoms with Crippen molar-refractivity contribution in [2.75, 3.05) is 42.9 Å². The van der Waals surface area contributed by atoms with Gasteiger partial charge < -0.3 is 15.5 Å². The van der Waals surface area contributed by atoms with Crippen LogP contribution in [-0.2, 0) is 4.79 Å². The molecule has 132 valence electrons. The predicted octanol–water partition coefficient (Wildman–Crippen LogP) is 1.86. The van der Waals surface area contributed by atoms with Crippen molar-refractivity contribution in [3.05, 3.63) is 24.3 Å². The van der Waals surface area contributed by atoms with Crippen LogP contribution in [0.15, 0.2) is 24.3 Å². The highest BCUT2D eigenvalue weighted by Gasteiger charge is 2.29. The van der Waals surface area contributed by atoms with Gasteiger partial charge in [0.1, 0.15) is 6.17 Å². The number of hydrogen-bond acceptors (Lipinski definition) is 4. The van der Waals surface area contributed by atoms with Gasteiger partial charge in [-0.25, -0.2) is 4.39 Å². The Morgan fingerprint density at radius 1 is 1.29 bits per heavy atom. The van der Waals surface area contributed by atoms with Gasteiger partial charge in [0, 0.05) is 56.6 Å². The number of hydrogen-bond donors (Lipinski definition) is 2. The number of carbonyl (C=O) groups excluding carboxylic acids is 1. The second kappa shape index (κ2) is 7.49. The molecule has 0 bridgehead atoms. The molecule has 2 fully saturated rings. The first-order valence-corrected chi connectivity index (χ1v) is 8.80. The van der Waals surface area contributed by atoms with Gasteiger partial charge in [-0.2, -0.15) is 0 Å². The Bertz CT molecular complexity index is 572. The quantitative estimate of drug-likeness (QED) is 0.882. The van der Waals surface area contributed by atoms with Crippen LogP contribution in [0.5, 0.6) is 0 Å². The molecule has 1 aromatic rings. The van der Waals surface area contributed by atoms with Crippen LogP contribution >= 0.6 is 0 Å². The Balaban J connectivity index is 1.59. The number of anilines is 2. The highest BCUT2D eigenvalue weighted by Crippen LogP contribution is 2.22. The number of halogens is 1. The average molecular weight is 334 g/mol. The molecule has 1 amide bonds. The number of rotatable bonds is 4. The normalized spacial score (nSPS) is 25.2. The molecule has 0 saturated carbocycles. The van der Waals surface area contributed by atoms with Crippen LogP contribution in [0.2, 0.25) is 0 Å². The molecule has 2 saturated heterocycles. The van der Waals surface area contributed by atoms with E-state index >= 15 is 0 Å². The lowest BCUT2D eigenvalue weighted by Gasteiger charge is -2.38. The Hall–Kier alpha value is -1.66. The molecule has 1 aromatic carbocycles. The summed E-state index contributed by atoms with van der Waals surface area (Å²) >= 11 is 0. The smallest absolute Gasteiger partial charge is 0.241 e. The third-order valence-electron chi connectivity index (χ3n) is 4.92. The predicted molar refractivity (Wildman–Crippen MR) is 95.3 cm³/mol. The lowest BCUT2D eigenvalue weighted by molar-refractivity contribution is -0.117. The summed E-state index contributed by atoms with van der Waals surface area (Å²) in [6.45, 7) is 8.80. The van der Waals surface area contributed by atoms with Crippen molar-refractivity contribution in [2.24, 2.45) is 0 Å². The van der Waals surface area contributed by atoms with Crippen molar-refractivity contribution in [3.8, 4) is 0 Å². The zero-order chi connectivity index (χ0) is 17.1. The Kier molecular flexibility index (Phi) is 5.36. The van der Waals surface area contributed by atoms with E-state index in [1.54, 1.807) is 0 Å². The van der Waals surface area contributed by atoms with Gasteiger partial charge in [0.15, 0.2) is 0 Å². The molecule has 2 aliphatic heterocycles. The van der Waals surface area contributed by atoms with Crippen molar-refractivity contribution < 1.29 is 9.18 Å². The van der Waals surface area contributed by atoms with Crippen LogP contribution in [0.4, 0.5) is 15.8 Å². The first-order chi connectivity index (χ1) is 11.5. The van der Waals surface area contributed by atoms with E-state index in [4.69, 9.17) is 0 Å². The number of carbonyl (C=O) groups is 1. The molecular weight excluding hydrogens is 307 g/mol. The molecular formula is C18H27FN4O. The number of nitrogens with zero attached hydrogens (tertiary/aromatic N) is 2. The third kappa shape index (κ3) is 4.05. The van der Waals surface area contributed by atoms with Gasteiger partial charge in [0.05, 0.1) is 6.04 Å². The molecule has 2 atom stereocenters. The third-order valence-corrected chi connectivity index (χ3v) is 4.92. The summed E-state index contributed by atoms with van der Waals surface area (Å²) in [5.41, 5.74) is 1.90. The Morgan fingerprint density at radius 2 is 2.04 bits per heavy atom. The second-order valence-electron chi connectivity index (χ2n) is 6.95. The van der Waals surface area contributed by atoms with Gasteiger partial charge in [0.2, 0.25) is 5.91 Å². The molecule has 2 aliphatic rings. The fraction of sp³-hybridized carbons (Fsp3) is 0.611.